The highest BCUT2D eigenvalue weighted by Gasteiger charge is 2.38. The molecule has 0 bridgehead atoms. The Labute approximate surface area is 70.1 Å². The molecule has 0 aromatic carbocycles. The lowest BCUT2D eigenvalue weighted by atomic mass is 10.1. The Morgan fingerprint density at radius 2 is 2.00 bits per heavy atom. The standard InChI is InChI=1S/C6H10O5S/c7-6(8)5(4-1-2-4)3-12(9,10)11/h4-5H,1-3H2,(H,7,8)(H,9,10,11). The van der Waals surface area contributed by atoms with E-state index in [1.807, 2.05) is 0 Å². The predicted octanol–water partition coefficient (Wildman–Crippen LogP) is -0.0150. The molecule has 0 heterocycles. The molecule has 1 saturated carbocycles. The quantitative estimate of drug-likeness (QED) is 0.614. The summed E-state index contributed by atoms with van der Waals surface area (Å²) < 4.78 is 29.2. The van der Waals surface area contributed by atoms with Gasteiger partial charge in [0.1, 0.15) is 0 Å². The van der Waals surface area contributed by atoms with Crippen LogP contribution in [0.5, 0.6) is 0 Å². The summed E-state index contributed by atoms with van der Waals surface area (Å²) >= 11 is 0. The van der Waals surface area contributed by atoms with Crippen LogP contribution in [0.25, 0.3) is 0 Å². The molecular formula is C6H10O5S. The Morgan fingerprint density at radius 1 is 1.50 bits per heavy atom. The van der Waals surface area contributed by atoms with Gasteiger partial charge in [0, 0.05) is 0 Å². The van der Waals surface area contributed by atoms with Crippen LogP contribution in [0.1, 0.15) is 12.8 Å². The molecule has 0 aromatic heterocycles. The van der Waals surface area contributed by atoms with Crippen molar-refractivity contribution in [1.82, 2.24) is 0 Å². The van der Waals surface area contributed by atoms with Gasteiger partial charge in [-0.3, -0.25) is 9.35 Å². The van der Waals surface area contributed by atoms with E-state index in [1.165, 1.54) is 0 Å². The number of carboxylic acids is 1. The van der Waals surface area contributed by atoms with Crippen LogP contribution in [0, 0.1) is 11.8 Å². The molecule has 0 spiro atoms. The molecule has 1 rings (SSSR count). The Hall–Kier alpha value is -0.620. The molecule has 70 valence electrons. The third-order valence-corrected chi connectivity index (χ3v) is 2.68. The highest BCUT2D eigenvalue weighted by molar-refractivity contribution is 7.85. The lowest BCUT2D eigenvalue weighted by molar-refractivity contribution is -0.141. The van der Waals surface area contributed by atoms with Gasteiger partial charge in [0.2, 0.25) is 0 Å². The number of hydrogen-bond donors (Lipinski definition) is 2. The average molecular weight is 194 g/mol. The first-order chi connectivity index (χ1) is 5.40. The number of carboxylic acid groups (broad SMARTS) is 1. The normalized spacial score (nSPS) is 20.4. The summed E-state index contributed by atoms with van der Waals surface area (Å²) in [4.78, 5) is 10.5. The van der Waals surface area contributed by atoms with Crippen LogP contribution < -0.4 is 0 Å². The van der Waals surface area contributed by atoms with Gasteiger partial charge in [-0.15, -0.1) is 0 Å². The summed E-state index contributed by atoms with van der Waals surface area (Å²) in [5.74, 6) is -2.80. The van der Waals surface area contributed by atoms with Crippen molar-refractivity contribution < 1.29 is 22.9 Å². The van der Waals surface area contributed by atoms with Gasteiger partial charge in [-0.1, -0.05) is 0 Å². The van der Waals surface area contributed by atoms with E-state index in [1.54, 1.807) is 0 Å². The van der Waals surface area contributed by atoms with Crippen molar-refractivity contribution in [2.45, 2.75) is 12.8 Å². The monoisotopic (exact) mass is 194 g/mol. The van der Waals surface area contributed by atoms with Crippen LogP contribution in [0.4, 0.5) is 0 Å². The van der Waals surface area contributed by atoms with E-state index in [2.05, 4.69) is 0 Å². The molecule has 12 heavy (non-hydrogen) atoms. The maximum Gasteiger partial charge on any atom is 0.307 e. The summed E-state index contributed by atoms with van der Waals surface area (Å²) in [6.07, 6.45) is 1.49. The maximum absolute atomic E-state index is 10.5. The van der Waals surface area contributed by atoms with Crippen LogP contribution in [0.15, 0.2) is 0 Å². The molecule has 5 nitrogen and oxygen atoms in total. The highest BCUT2D eigenvalue weighted by Crippen LogP contribution is 2.37. The summed E-state index contributed by atoms with van der Waals surface area (Å²) in [6, 6.07) is 0. The third-order valence-electron chi connectivity index (χ3n) is 1.90. The number of carbonyl (C=O) groups is 1. The van der Waals surface area contributed by atoms with Crippen LogP contribution in [0.3, 0.4) is 0 Å². The summed E-state index contributed by atoms with van der Waals surface area (Å²) in [7, 11) is -4.15. The topological polar surface area (TPSA) is 91.7 Å². The van der Waals surface area contributed by atoms with Gasteiger partial charge in [0.15, 0.2) is 0 Å². The van der Waals surface area contributed by atoms with Gasteiger partial charge >= 0.3 is 5.97 Å². The summed E-state index contributed by atoms with van der Waals surface area (Å²) in [5.41, 5.74) is 0. The van der Waals surface area contributed by atoms with Crippen LogP contribution in [-0.2, 0) is 14.9 Å². The second kappa shape index (κ2) is 3.02. The van der Waals surface area contributed by atoms with Crippen molar-refractivity contribution in [3.8, 4) is 0 Å². The molecular weight excluding hydrogens is 184 g/mol. The average Bonchev–Trinajstić information content (AvgIpc) is 2.61. The molecule has 6 heteroatoms. The van der Waals surface area contributed by atoms with Crippen molar-refractivity contribution in [3.05, 3.63) is 0 Å². The predicted molar refractivity (Wildman–Crippen MR) is 40.3 cm³/mol. The number of aliphatic carboxylic acids is 1. The van der Waals surface area contributed by atoms with E-state index in [0.717, 1.165) is 12.8 Å². The van der Waals surface area contributed by atoms with Crippen LogP contribution in [0.2, 0.25) is 0 Å². The molecule has 2 N–H and O–H groups in total. The molecule has 1 fully saturated rings. The van der Waals surface area contributed by atoms with Gasteiger partial charge in [-0.25, -0.2) is 0 Å². The van der Waals surface area contributed by atoms with E-state index in [-0.39, 0.29) is 5.92 Å². The van der Waals surface area contributed by atoms with E-state index in [9.17, 15) is 13.2 Å². The highest BCUT2D eigenvalue weighted by atomic mass is 32.2. The minimum Gasteiger partial charge on any atom is -0.481 e. The number of hydrogen-bond acceptors (Lipinski definition) is 3. The molecule has 1 unspecified atom stereocenters. The van der Waals surface area contributed by atoms with Crippen LogP contribution >= 0.6 is 0 Å². The van der Waals surface area contributed by atoms with Gasteiger partial charge in [0.25, 0.3) is 10.1 Å². The fraction of sp³-hybridized carbons (Fsp3) is 0.833. The molecule has 0 aromatic rings. The Morgan fingerprint density at radius 3 is 2.25 bits per heavy atom. The zero-order chi connectivity index (χ0) is 9.35. The van der Waals surface area contributed by atoms with Gasteiger partial charge < -0.3 is 5.11 Å². The van der Waals surface area contributed by atoms with Gasteiger partial charge in [-0.2, -0.15) is 8.42 Å². The Kier molecular flexibility index (Phi) is 2.39. The molecule has 0 amide bonds. The first-order valence-electron chi connectivity index (χ1n) is 3.58. The molecule has 1 aliphatic carbocycles. The van der Waals surface area contributed by atoms with Gasteiger partial charge in [-0.05, 0) is 18.8 Å². The minimum absolute atomic E-state index is 0.0653. The molecule has 0 aliphatic heterocycles. The summed E-state index contributed by atoms with van der Waals surface area (Å²) in [6.45, 7) is 0. The fourth-order valence-electron chi connectivity index (χ4n) is 1.13. The van der Waals surface area contributed by atoms with Gasteiger partial charge in [0.05, 0.1) is 11.7 Å². The third kappa shape index (κ3) is 2.78. The molecule has 1 atom stereocenters. The lowest BCUT2D eigenvalue weighted by Gasteiger charge is -2.07. The summed E-state index contributed by atoms with van der Waals surface area (Å²) in [5, 5.41) is 8.57. The van der Waals surface area contributed by atoms with Crippen LogP contribution in [-0.4, -0.2) is 29.8 Å². The van der Waals surface area contributed by atoms with Crippen molar-refractivity contribution in [2.75, 3.05) is 5.75 Å². The molecule has 0 radical (unpaired) electrons. The second-order valence-electron chi connectivity index (χ2n) is 3.03. The lowest BCUT2D eigenvalue weighted by Crippen LogP contribution is -2.25. The maximum atomic E-state index is 10.5. The van der Waals surface area contributed by atoms with E-state index in [0.29, 0.717) is 0 Å². The second-order valence-corrected chi connectivity index (χ2v) is 4.53. The Bertz CT molecular complexity index is 276. The first kappa shape index (κ1) is 9.47. The smallest absolute Gasteiger partial charge is 0.307 e. The van der Waals surface area contributed by atoms with E-state index >= 15 is 0 Å². The SMILES string of the molecule is O=C(O)C(CS(=O)(=O)O)C1CC1. The van der Waals surface area contributed by atoms with E-state index in [4.69, 9.17) is 9.66 Å². The van der Waals surface area contributed by atoms with Crippen molar-refractivity contribution in [1.29, 1.82) is 0 Å². The first-order valence-corrected chi connectivity index (χ1v) is 5.19. The zero-order valence-electron chi connectivity index (χ0n) is 6.30. The number of rotatable bonds is 4. The largest absolute Gasteiger partial charge is 0.481 e. The van der Waals surface area contributed by atoms with Crippen molar-refractivity contribution in [2.24, 2.45) is 11.8 Å². The fourth-order valence-corrected chi connectivity index (χ4v) is 2.00. The minimum atomic E-state index is -4.15. The zero-order valence-corrected chi connectivity index (χ0v) is 7.12. The molecule has 1 aliphatic rings. The Balaban J connectivity index is 2.61. The van der Waals surface area contributed by atoms with Crippen molar-refractivity contribution in [3.63, 3.8) is 0 Å². The van der Waals surface area contributed by atoms with Crippen molar-refractivity contribution >= 4 is 16.1 Å². The molecule has 0 saturated heterocycles. The van der Waals surface area contributed by atoms with E-state index < -0.39 is 27.8 Å².